The Hall–Kier alpha value is -2.87. The van der Waals surface area contributed by atoms with E-state index in [2.05, 4.69) is 11.1 Å². The molecule has 0 spiro atoms. The Bertz CT molecular complexity index is 915. The van der Waals surface area contributed by atoms with Crippen molar-refractivity contribution in [2.45, 2.75) is 6.17 Å². The number of hydrogen-bond acceptors (Lipinski definition) is 6. The van der Waals surface area contributed by atoms with E-state index in [-0.39, 0.29) is 29.4 Å². The van der Waals surface area contributed by atoms with Crippen LogP contribution in [0.5, 0.6) is 5.75 Å². The van der Waals surface area contributed by atoms with E-state index in [1.54, 1.807) is 36.3 Å². The lowest BCUT2D eigenvalue weighted by Gasteiger charge is -2.36. The number of alkyl halides is 1. The fraction of sp³-hybridized carbons (Fsp3) is 0.316. The molecule has 138 valence electrons. The Morgan fingerprint density at radius 1 is 1.19 bits per heavy atom. The van der Waals surface area contributed by atoms with E-state index in [1.165, 1.54) is 0 Å². The standard InChI is InChI=1S/C19H16ClFN4O2/c1-26-6-7-27-14-4-2-12(3-5-14)17-15(8-22)18(20)24-19(16(17)9-23)25-10-13(21)11-25/h2-5,13H,6-7,10-11H2,1H3. The monoisotopic (exact) mass is 386 g/mol. The van der Waals surface area contributed by atoms with Gasteiger partial charge in [0.2, 0.25) is 0 Å². The predicted octanol–water partition coefficient (Wildman–Crippen LogP) is 3.33. The van der Waals surface area contributed by atoms with Crippen molar-refractivity contribution in [1.29, 1.82) is 10.5 Å². The number of nitrogens with zero attached hydrogens (tertiary/aromatic N) is 4. The second-order valence-corrected chi connectivity index (χ2v) is 6.30. The minimum Gasteiger partial charge on any atom is -0.491 e. The van der Waals surface area contributed by atoms with Crippen LogP contribution in [0.15, 0.2) is 24.3 Å². The van der Waals surface area contributed by atoms with E-state index in [9.17, 15) is 14.9 Å². The average Bonchev–Trinajstić information content (AvgIpc) is 2.65. The molecule has 0 aliphatic carbocycles. The predicted molar refractivity (Wildman–Crippen MR) is 98.6 cm³/mol. The van der Waals surface area contributed by atoms with E-state index in [1.807, 2.05) is 6.07 Å². The number of pyridine rings is 1. The smallest absolute Gasteiger partial charge is 0.149 e. The van der Waals surface area contributed by atoms with Crippen LogP contribution in [0.4, 0.5) is 10.2 Å². The molecule has 0 N–H and O–H groups in total. The van der Waals surface area contributed by atoms with Gasteiger partial charge >= 0.3 is 0 Å². The molecule has 0 bridgehead atoms. The van der Waals surface area contributed by atoms with Crippen molar-refractivity contribution in [2.24, 2.45) is 0 Å². The van der Waals surface area contributed by atoms with Gasteiger partial charge in [-0.15, -0.1) is 0 Å². The largest absolute Gasteiger partial charge is 0.491 e. The minimum absolute atomic E-state index is 0.00997. The SMILES string of the molecule is COCCOc1ccc(-c2c(C#N)c(Cl)nc(N3CC(F)C3)c2C#N)cc1. The van der Waals surface area contributed by atoms with E-state index in [4.69, 9.17) is 21.1 Å². The number of ether oxygens (including phenoxy) is 2. The molecule has 1 fully saturated rings. The van der Waals surface area contributed by atoms with Crippen LogP contribution in [-0.2, 0) is 4.74 Å². The number of methoxy groups -OCH3 is 1. The molecule has 0 amide bonds. The number of hydrogen-bond donors (Lipinski definition) is 0. The van der Waals surface area contributed by atoms with Gasteiger partial charge in [0, 0.05) is 12.7 Å². The van der Waals surface area contributed by atoms with Gasteiger partial charge < -0.3 is 14.4 Å². The van der Waals surface area contributed by atoms with Crippen LogP contribution in [0, 0.1) is 22.7 Å². The Balaban J connectivity index is 2.03. The molecule has 2 heterocycles. The van der Waals surface area contributed by atoms with Crippen LogP contribution in [0.1, 0.15) is 11.1 Å². The molecule has 0 atom stereocenters. The number of anilines is 1. The normalized spacial score (nSPS) is 13.6. The highest BCUT2D eigenvalue weighted by molar-refractivity contribution is 6.31. The zero-order valence-corrected chi connectivity index (χ0v) is 15.3. The van der Waals surface area contributed by atoms with Gasteiger partial charge in [-0.25, -0.2) is 9.37 Å². The summed E-state index contributed by atoms with van der Waals surface area (Å²) in [5.74, 6) is 0.932. The summed E-state index contributed by atoms with van der Waals surface area (Å²) in [5, 5.41) is 19.2. The summed E-state index contributed by atoms with van der Waals surface area (Å²) >= 11 is 6.19. The summed E-state index contributed by atoms with van der Waals surface area (Å²) in [5.41, 5.74) is 1.34. The summed E-state index contributed by atoms with van der Waals surface area (Å²) in [4.78, 5) is 5.81. The number of rotatable bonds is 6. The van der Waals surface area contributed by atoms with Crippen molar-refractivity contribution in [3.8, 4) is 29.0 Å². The number of benzene rings is 1. The third-order valence-corrected chi connectivity index (χ3v) is 4.47. The van der Waals surface area contributed by atoms with Gasteiger partial charge in [0.1, 0.15) is 47.2 Å². The minimum atomic E-state index is -0.959. The molecule has 2 aromatic rings. The molecule has 0 unspecified atom stereocenters. The topological polar surface area (TPSA) is 82.2 Å². The lowest BCUT2D eigenvalue weighted by Crippen LogP contribution is -2.49. The van der Waals surface area contributed by atoms with E-state index < -0.39 is 6.17 Å². The van der Waals surface area contributed by atoms with Gasteiger partial charge in [-0.1, -0.05) is 23.7 Å². The van der Waals surface area contributed by atoms with E-state index >= 15 is 0 Å². The van der Waals surface area contributed by atoms with Crippen molar-refractivity contribution in [3.05, 3.63) is 40.5 Å². The average molecular weight is 387 g/mol. The Morgan fingerprint density at radius 3 is 2.41 bits per heavy atom. The van der Waals surface area contributed by atoms with Gasteiger partial charge in [-0.3, -0.25) is 0 Å². The molecule has 1 aliphatic rings. The third-order valence-electron chi connectivity index (χ3n) is 4.19. The summed E-state index contributed by atoms with van der Waals surface area (Å²) in [7, 11) is 1.59. The first-order valence-electron chi connectivity index (χ1n) is 8.24. The van der Waals surface area contributed by atoms with E-state index in [0.717, 1.165) is 0 Å². The first-order chi connectivity index (χ1) is 13.1. The first kappa shape index (κ1) is 18.9. The van der Waals surface area contributed by atoms with Gasteiger partial charge in [0.25, 0.3) is 0 Å². The second kappa shape index (κ2) is 8.22. The van der Waals surface area contributed by atoms with Crippen molar-refractivity contribution in [2.75, 3.05) is 38.3 Å². The van der Waals surface area contributed by atoms with Crippen molar-refractivity contribution in [1.82, 2.24) is 4.98 Å². The highest BCUT2D eigenvalue weighted by atomic mass is 35.5. The first-order valence-corrected chi connectivity index (χ1v) is 8.61. The Morgan fingerprint density at radius 2 is 1.85 bits per heavy atom. The van der Waals surface area contributed by atoms with Gasteiger partial charge in [0.05, 0.1) is 25.3 Å². The molecule has 1 aromatic heterocycles. The molecular weight excluding hydrogens is 371 g/mol. The summed E-state index contributed by atoms with van der Waals surface area (Å²) in [6.45, 7) is 1.17. The maximum Gasteiger partial charge on any atom is 0.149 e. The number of aromatic nitrogens is 1. The highest BCUT2D eigenvalue weighted by Gasteiger charge is 2.32. The molecule has 8 heteroatoms. The van der Waals surface area contributed by atoms with Gasteiger partial charge in [-0.2, -0.15) is 10.5 Å². The molecular formula is C19H16ClFN4O2. The summed E-state index contributed by atoms with van der Waals surface area (Å²) in [6.07, 6.45) is -0.959. The number of nitriles is 2. The summed E-state index contributed by atoms with van der Waals surface area (Å²) < 4.78 is 23.7. The Kier molecular flexibility index (Phi) is 5.75. The second-order valence-electron chi connectivity index (χ2n) is 5.94. The molecule has 0 radical (unpaired) electrons. The fourth-order valence-electron chi connectivity index (χ4n) is 2.83. The summed E-state index contributed by atoms with van der Waals surface area (Å²) in [6, 6.07) is 11.1. The quantitative estimate of drug-likeness (QED) is 0.559. The maximum atomic E-state index is 13.3. The zero-order valence-electron chi connectivity index (χ0n) is 14.6. The van der Waals surface area contributed by atoms with Crippen molar-refractivity contribution in [3.63, 3.8) is 0 Å². The van der Waals surface area contributed by atoms with Crippen molar-refractivity contribution >= 4 is 17.4 Å². The van der Waals surface area contributed by atoms with Crippen molar-refractivity contribution < 1.29 is 13.9 Å². The van der Waals surface area contributed by atoms with Crippen LogP contribution >= 0.6 is 11.6 Å². The Labute approximate surface area is 161 Å². The molecule has 3 rings (SSSR count). The number of halogens is 2. The highest BCUT2D eigenvalue weighted by Crippen LogP contribution is 2.38. The maximum absolute atomic E-state index is 13.3. The van der Waals surface area contributed by atoms with Gasteiger partial charge in [-0.05, 0) is 17.7 Å². The molecule has 1 aromatic carbocycles. The molecule has 1 aliphatic heterocycles. The van der Waals surface area contributed by atoms with Crippen LogP contribution in [-0.4, -0.2) is 44.6 Å². The van der Waals surface area contributed by atoms with Gasteiger partial charge in [0.15, 0.2) is 0 Å². The molecule has 0 saturated carbocycles. The lowest BCUT2D eigenvalue weighted by atomic mass is 9.96. The van der Waals surface area contributed by atoms with Crippen LogP contribution in [0.2, 0.25) is 5.15 Å². The molecule has 27 heavy (non-hydrogen) atoms. The third kappa shape index (κ3) is 3.80. The van der Waals surface area contributed by atoms with Crippen LogP contribution in [0.25, 0.3) is 11.1 Å². The molecule has 1 saturated heterocycles. The lowest BCUT2D eigenvalue weighted by molar-refractivity contribution is 0.146. The zero-order chi connectivity index (χ0) is 19.4. The van der Waals surface area contributed by atoms with Crippen LogP contribution in [0.3, 0.4) is 0 Å². The fourth-order valence-corrected chi connectivity index (χ4v) is 3.05. The van der Waals surface area contributed by atoms with Crippen LogP contribution < -0.4 is 9.64 Å². The molecule has 6 nitrogen and oxygen atoms in total. The van der Waals surface area contributed by atoms with E-state index in [0.29, 0.717) is 35.9 Å².